The predicted molar refractivity (Wildman–Crippen MR) is 64.8 cm³/mol. The largest absolute Gasteiger partial charge is 0.0648 e. The lowest BCUT2D eigenvalue weighted by Gasteiger charge is -2.11. The highest BCUT2D eigenvalue weighted by Gasteiger charge is 2.24. The second-order valence-electron chi connectivity index (χ2n) is 4.40. The molecule has 1 aromatic carbocycles. The lowest BCUT2D eigenvalue weighted by Crippen LogP contribution is -1.93. The molecule has 1 heteroatoms. The monoisotopic (exact) mass is 252 g/mol. The van der Waals surface area contributed by atoms with Crippen molar-refractivity contribution in [2.75, 3.05) is 0 Å². The maximum atomic E-state index is 3.61. The summed E-state index contributed by atoms with van der Waals surface area (Å²) >= 11 is 3.61. The highest BCUT2D eigenvalue weighted by molar-refractivity contribution is 9.10. The van der Waals surface area contributed by atoms with Crippen molar-refractivity contribution in [2.24, 2.45) is 0 Å². The second kappa shape index (κ2) is 4.06. The maximum Gasteiger partial charge on any atom is 0.0180 e. The normalized spacial score (nSPS) is 18.2. The van der Waals surface area contributed by atoms with Gasteiger partial charge in [-0.3, -0.25) is 0 Å². The minimum absolute atomic E-state index is 0.685. The van der Waals surface area contributed by atoms with Gasteiger partial charge in [0.05, 0.1) is 0 Å². The molecule has 2 rings (SSSR count). The van der Waals surface area contributed by atoms with Gasteiger partial charge in [-0.1, -0.05) is 35.8 Å². The summed E-state index contributed by atoms with van der Waals surface area (Å²) in [7, 11) is 0. The van der Waals surface area contributed by atoms with Crippen LogP contribution in [0.1, 0.15) is 56.1 Å². The number of rotatable bonds is 3. The second-order valence-corrected chi connectivity index (χ2v) is 5.32. The molecule has 76 valence electrons. The first kappa shape index (κ1) is 10.2. The molecule has 0 aliphatic heterocycles. The third-order valence-corrected chi connectivity index (χ3v) is 3.63. The van der Waals surface area contributed by atoms with Gasteiger partial charge in [-0.25, -0.2) is 0 Å². The third kappa shape index (κ3) is 2.20. The van der Waals surface area contributed by atoms with Crippen molar-refractivity contribution in [1.82, 2.24) is 0 Å². The van der Waals surface area contributed by atoms with Crippen molar-refractivity contribution in [1.29, 1.82) is 0 Å². The van der Waals surface area contributed by atoms with Gasteiger partial charge < -0.3 is 0 Å². The van der Waals surface area contributed by atoms with Gasteiger partial charge in [0.2, 0.25) is 0 Å². The molecule has 1 unspecified atom stereocenters. The van der Waals surface area contributed by atoms with E-state index in [4.69, 9.17) is 0 Å². The van der Waals surface area contributed by atoms with E-state index in [1.807, 2.05) is 0 Å². The van der Waals surface area contributed by atoms with Crippen LogP contribution in [0.15, 0.2) is 22.7 Å². The Balaban J connectivity index is 2.30. The third-order valence-electron chi connectivity index (χ3n) is 3.17. The Bertz CT molecular complexity index is 326. The Morgan fingerprint density at radius 2 is 2.07 bits per heavy atom. The molecule has 1 aliphatic rings. The van der Waals surface area contributed by atoms with Gasteiger partial charge >= 0.3 is 0 Å². The molecule has 0 nitrogen and oxygen atoms in total. The summed E-state index contributed by atoms with van der Waals surface area (Å²) in [6, 6.07) is 6.94. The van der Waals surface area contributed by atoms with Gasteiger partial charge in [0.25, 0.3) is 0 Å². The van der Waals surface area contributed by atoms with E-state index in [9.17, 15) is 0 Å². The first-order chi connectivity index (χ1) is 6.70. The van der Waals surface area contributed by atoms with Crippen molar-refractivity contribution in [3.8, 4) is 0 Å². The van der Waals surface area contributed by atoms with Crippen molar-refractivity contribution in [3.63, 3.8) is 0 Å². The average Bonchev–Trinajstić information content (AvgIpc) is 2.98. The van der Waals surface area contributed by atoms with Crippen LogP contribution in [-0.4, -0.2) is 0 Å². The fourth-order valence-corrected chi connectivity index (χ4v) is 2.34. The first-order valence-corrected chi connectivity index (χ1v) is 6.30. The van der Waals surface area contributed by atoms with Gasteiger partial charge in [-0.15, -0.1) is 0 Å². The molecule has 0 amide bonds. The smallest absolute Gasteiger partial charge is 0.0180 e. The van der Waals surface area contributed by atoms with Crippen LogP contribution >= 0.6 is 15.9 Å². The molecule has 0 spiro atoms. The Hall–Kier alpha value is -0.300. The number of benzene rings is 1. The molecular formula is C13H17Br. The van der Waals surface area contributed by atoms with Crippen molar-refractivity contribution < 1.29 is 0 Å². The molecule has 14 heavy (non-hydrogen) atoms. The standard InChI is InChI=1S/C13H17Br/c1-3-9(2)11-6-12(10-4-5-10)8-13(14)7-11/h6-10H,3-5H2,1-2H3. The molecule has 1 aromatic rings. The molecule has 1 atom stereocenters. The molecule has 0 saturated heterocycles. The van der Waals surface area contributed by atoms with Gasteiger partial charge in [0.1, 0.15) is 0 Å². The van der Waals surface area contributed by atoms with Gasteiger partial charge in [0, 0.05) is 4.47 Å². The first-order valence-electron chi connectivity index (χ1n) is 5.51. The molecule has 0 bridgehead atoms. The summed E-state index contributed by atoms with van der Waals surface area (Å²) in [5.74, 6) is 1.54. The van der Waals surface area contributed by atoms with Crippen LogP contribution in [0, 0.1) is 0 Å². The summed E-state index contributed by atoms with van der Waals surface area (Å²) in [5, 5.41) is 0. The highest BCUT2D eigenvalue weighted by Crippen LogP contribution is 2.42. The average molecular weight is 253 g/mol. The zero-order valence-electron chi connectivity index (χ0n) is 8.89. The van der Waals surface area contributed by atoms with E-state index in [0.29, 0.717) is 5.92 Å². The van der Waals surface area contributed by atoms with Gasteiger partial charge in [0.15, 0.2) is 0 Å². The summed E-state index contributed by atoms with van der Waals surface area (Å²) in [6.45, 7) is 4.56. The molecular weight excluding hydrogens is 236 g/mol. The fourth-order valence-electron chi connectivity index (χ4n) is 1.81. The zero-order chi connectivity index (χ0) is 10.1. The van der Waals surface area contributed by atoms with Gasteiger partial charge in [-0.2, -0.15) is 0 Å². The molecule has 1 saturated carbocycles. The van der Waals surface area contributed by atoms with Crippen LogP contribution in [0.3, 0.4) is 0 Å². The van der Waals surface area contributed by atoms with Crippen molar-refractivity contribution in [3.05, 3.63) is 33.8 Å². The maximum absolute atomic E-state index is 3.61. The topological polar surface area (TPSA) is 0 Å². The molecule has 0 N–H and O–H groups in total. The van der Waals surface area contributed by atoms with Crippen LogP contribution in [-0.2, 0) is 0 Å². The number of halogens is 1. The molecule has 0 radical (unpaired) electrons. The van der Waals surface area contributed by atoms with E-state index in [2.05, 4.69) is 48.0 Å². The fraction of sp³-hybridized carbons (Fsp3) is 0.538. The molecule has 0 heterocycles. The van der Waals surface area contributed by atoms with Crippen molar-refractivity contribution >= 4 is 15.9 Å². The van der Waals surface area contributed by atoms with Crippen LogP contribution in [0.4, 0.5) is 0 Å². The Labute approximate surface area is 94.8 Å². The minimum Gasteiger partial charge on any atom is -0.0648 e. The van der Waals surface area contributed by atoms with Crippen molar-refractivity contribution in [2.45, 2.75) is 44.9 Å². The Morgan fingerprint density at radius 1 is 1.36 bits per heavy atom. The van der Waals surface area contributed by atoms with Crippen LogP contribution in [0.5, 0.6) is 0 Å². The zero-order valence-corrected chi connectivity index (χ0v) is 10.5. The summed E-state index contributed by atoms with van der Waals surface area (Å²) in [6.07, 6.45) is 3.99. The molecule has 1 fully saturated rings. The van der Waals surface area contributed by atoms with E-state index in [0.717, 1.165) is 5.92 Å². The van der Waals surface area contributed by atoms with Crippen LogP contribution < -0.4 is 0 Å². The van der Waals surface area contributed by atoms with E-state index in [1.165, 1.54) is 34.9 Å². The lowest BCUT2D eigenvalue weighted by molar-refractivity contribution is 0.731. The van der Waals surface area contributed by atoms with E-state index < -0.39 is 0 Å². The summed E-state index contributed by atoms with van der Waals surface area (Å²) in [4.78, 5) is 0. The molecule has 1 aliphatic carbocycles. The Morgan fingerprint density at radius 3 is 2.64 bits per heavy atom. The quantitative estimate of drug-likeness (QED) is 0.723. The lowest BCUT2D eigenvalue weighted by atomic mass is 9.96. The van der Waals surface area contributed by atoms with E-state index in [-0.39, 0.29) is 0 Å². The highest BCUT2D eigenvalue weighted by atomic mass is 79.9. The van der Waals surface area contributed by atoms with E-state index >= 15 is 0 Å². The molecule has 0 aromatic heterocycles. The van der Waals surface area contributed by atoms with Crippen LogP contribution in [0.25, 0.3) is 0 Å². The van der Waals surface area contributed by atoms with Gasteiger partial charge in [-0.05, 0) is 54.4 Å². The van der Waals surface area contributed by atoms with Crippen LogP contribution in [0.2, 0.25) is 0 Å². The SMILES string of the molecule is CCC(C)c1cc(Br)cc(C2CC2)c1. The predicted octanol–water partition coefficient (Wildman–Crippen LogP) is 4.84. The minimum atomic E-state index is 0.685. The number of hydrogen-bond donors (Lipinski definition) is 0. The summed E-state index contributed by atoms with van der Waals surface area (Å²) < 4.78 is 1.25. The number of hydrogen-bond acceptors (Lipinski definition) is 0. The van der Waals surface area contributed by atoms with E-state index in [1.54, 1.807) is 0 Å². The summed E-state index contributed by atoms with van der Waals surface area (Å²) in [5.41, 5.74) is 3.03. The Kier molecular flexibility index (Phi) is 2.96.